The first-order valence-corrected chi connectivity index (χ1v) is 6.75. The molecule has 0 bridgehead atoms. The molecule has 1 rings (SSSR count). The number of pyridine rings is 1. The number of hydrazine groups is 1. The Bertz CT molecular complexity index is 517. The van der Waals surface area contributed by atoms with Gasteiger partial charge in [0, 0.05) is 18.9 Å². The van der Waals surface area contributed by atoms with E-state index < -0.39 is 15.9 Å². The Morgan fingerprint density at radius 3 is 2.83 bits per heavy atom. The van der Waals surface area contributed by atoms with Crippen molar-refractivity contribution >= 4 is 21.6 Å². The molecule has 1 aromatic rings. The van der Waals surface area contributed by atoms with Crippen LogP contribution in [-0.2, 0) is 10.0 Å². The lowest BCUT2D eigenvalue weighted by molar-refractivity contribution is 0.0956. The fraction of sp³-hybridized carbons (Fsp3) is 0.333. The number of nitrogens with two attached hydrogens (primary N) is 1. The van der Waals surface area contributed by atoms with Crippen molar-refractivity contribution in [2.45, 2.75) is 0 Å². The van der Waals surface area contributed by atoms with E-state index in [4.69, 9.17) is 5.84 Å². The van der Waals surface area contributed by atoms with E-state index in [-0.39, 0.29) is 17.9 Å². The second-order valence-corrected chi connectivity index (χ2v) is 5.39. The molecule has 0 spiro atoms. The number of amides is 1. The Morgan fingerprint density at radius 2 is 2.22 bits per heavy atom. The summed E-state index contributed by atoms with van der Waals surface area (Å²) < 4.78 is 24.4. The smallest absolute Gasteiger partial charge is 0.255 e. The van der Waals surface area contributed by atoms with Crippen molar-refractivity contribution in [3.8, 4) is 0 Å². The zero-order valence-electron chi connectivity index (χ0n) is 9.80. The minimum atomic E-state index is -3.33. The van der Waals surface area contributed by atoms with Crippen LogP contribution in [0.5, 0.6) is 0 Å². The average molecular weight is 273 g/mol. The van der Waals surface area contributed by atoms with E-state index in [1.165, 1.54) is 19.4 Å². The van der Waals surface area contributed by atoms with Crippen molar-refractivity contribution in [3.63, 3.8) is 0 Å². The third kappa shape index (κ3) is 3.95. The van der Waals surface area contributed by atoms with E-state index in [1.54, 1.807) is 6.07 Å². The summed E-state index contributed by atoms with van der Waals surface area (Å²) in [5, 5.41) is 2.47. The molecule has 1 aromatic heterocycles. The van der Waals surface area contributed by atoms with Crippen LogP contribution in [0.15, 0.2) is 18.5 Å². The molecule has 1 amide bonds. The van der Waals surface area contributed by atoms with Crippen LogP contribution in [0.25, 0.3) is 0 Å². The maximum atomic E-state index is 11.7. The van der Waals surface area contributed by atoms with Crippen LogP contribution >= 0.6 is 0 Å². The highest BCUT2D eigenvalue weighted by Crippen LogP contribution is 2.11. The van der Waals surface area contributed by atoms with Crippen molar-refractivity contribution < 1.29 is 13.2 Å². The molecule has 0 atom stereocenters. The molecule has 0 saturated heterocycles. The second-order valence-electron chi connectivity index (χ2n) is 3.34. The summed E-state index contributed by atoms with van der Waals surface area (Å²) in [5.74, 6) is 4.61. The van der Waals surface area contributed by atoms with Crippen molar-refractivity contribution in [2.24, 2.45) is 5.84 Å². The molecule has 9 heteroatoms. The summed E-state index contributed by atoms with van der Waals surface area (Å²) in [4.78, 5) is 15.5. The average Bonchev–Trinajstić information content (AvgIpc) is 2.38. The van der Waals surface area contributed by atoms with E-state index in [2.05, 4.69) is 20.4 Å². The van der Waals surface area contributed by atoms with Crippen LogP contribution in [0, 0.1) is 0 Å². The summed E-state index contributed by atoms with van der Waals surface area (Å²) in [7, 11) is -2.02. The predicted molar refractivity (Wildman–Crippen MR) is 67.2 cm³/mol. The lowest BCUT2D eigenvalue weighted by atomic mass is 10.2. The Morgan fingerprint density at radius 1 is 1.50 bits per heavy atom. The Labute approximate surface area is 105 Å². The summed E-state index contributed by atoms with van der Waals surface area (Å²) >= 11 is 0. The van der Waals surface area contributed by atoms with Gasteiger partial charge < -0.3 is 10.7 Å². The SMILES string of the molecule is CNS(=O)(=O)CCNC(=O)c1cnccc1NN. The molecule has 0 saturated carbocycles. The van der Waals surface area contributed by atoms with Gasteiger partial charge in [-0.1, -0.05) is 0 Å². The molecule has 5 N–H and O–H groups in total. The molecule has 18 heavy (non-hydrogen) atoms. The number of rotatable bonds is 6. The summed E-state index contributed by atoms with van der Waals surface area (Å²) in [6, 6.07) is 1.54. The van der Waals surface area contributed by atoms with E-state index >= 15 is 0 Å². The Kier molecular flexibility index (Phi) is 5.01. The second kappa shape index (κ2) is 6.28. The number of aromatic nitrogens is 1. The molecule has 1 heterocycles. The number of carbonyl (C=O) groups excluding carboxylic acids is 1. The standard InChI is InChI=1S/C9H15N5O3S/c1-11-18(16,17)5-4-13-9(15)7-6-12-3-2-8(7)14-10/h2-3,6,11H,4-5,10H2,1H3,(H,12,14)(H,13,15). The van der Waals surface area contributed by atoms with Crippen LogP contribution in [0.3, 0.4) is 0 Å². The maximum Gasteiger partial charge on any atom is 0.255 e. The number of hydrogen-bond donors (Lipinski definition) is 4. The van der Waals surface area contributed by atoms with Crippen molar-refractivity contribution in [2.75, 3.05) is 24.8 Å². The zero-order valence-corrected chi connectivity index (χ0v) is 10.6. The highest BCUT2D eigenvalue weighted by atomic mass is 32.2. The van der Waals surface area contributed by atoms with E-state index in [1.807, 2.05) is 0 Å². The fourth-order valence-corrected chi connectivity index (χ4v) is 1.77. The molecule has 8 nitrogen and oxygen atoms in total. The van der Waals surface area contributed by atoms with Crippen LogP contribution in [0.4, 0.5) is 5.69 Å². The van der Waals surface area contributed by atoms with Crippen molar-refractivity contribution in [3.05, 3.63) is 24.0 Å². The third-order valence-corrected chi connectivity index (χ3v) is 3.55. The molecule has 0 radical (unpaired) electrons. The van der Waals surface area contributed by atoms with Crippen LogP contribution in [0.1, 0.15) is 10.4 Å². The van der Waals surface area contributed by atoms with Crippen LogP contribution in [-0.4, -0.2) is 38.7 Å². The lowest BCUT2D eigenvalue weighted by Gasteiger charge is -2.08. The molecule has 0 aliphatic carbocycles. The highest BCUT2D eigenvalue weighted by molar-refractivity contribution is 7.89. The van der Waals surface area contributed by atoms with Crippen molar-refractivity contribution in [1.82, 2.24) is 15.0 Å². The largest absolute Gasteiger partial charge is 0.351 e. The summed E-state index contributed by atoms with van der Waals surface area (Å²) in [6.45, 7) is 0.000905. The number of hydrogen-bond acceptors (Lipinski definition) is 6. The molecule has 0 aromatic carbocycles. The molecule has 0 fully saturated rings. The quantitative estimate of drug-likeness (QED) is 0.375. The predicted octanol–water partition coefficient (Wildman–Crippen LogP) is -1.35. The number of nitrogens with zero attached hydrogens (tertiary/aromatic N) is 1. The Hall–Kier alpha value is -1.71. The maximum absolute atomic E-state index is 11.7. The van der Waals surface area contributed by atoms with Gasteiger partial charge in [0.05, 0.1) is 17.0 Å². The molecule has 100 valence electrons. The molecule has 0 aliphatic heterocycles. The van der Waals surface area contributed by atoms with Gasteiger partial charge in [0.15, 0.2) is 0 Å². The van der Waals surface area contributed by atoms with Gasteiger partial charge in [-0.05, 0) is 13.1 Å². The first kappa shape index (κ1) is 14.4. The minimum Gasteiger partial charge on any atom is -0.351 e. The number of nitrogens with one attached hydrogen (secondary N) is 3. The molecule has 0 unspecified atom stereocenters. The van der Waals surface area contributed by atoms with Gasteiger partial charge in [0.2, 0.25) is 10.0 Å². The molecular weight excluding hydrogens is 258 g/mol. The minimum absolute atomic E-state index is 0.000905. The summed E-state index contributed by atoms with van der Waals surface area (Å²) in [5.41, 5.74) is 3.03. The van der Waals surface area contributed by atoms with E-state index in [0.717, 1.165) is 0 Å². The monoisotopic (exact) mass is 273 g/mol. The number of carbonyl (C=O) groups is 1. The number of nitrogen functional groups attached to an aromatic ring is 1. The molecular formula is C9H15N5O3S. The number of anilines is 1. The normalized spacial score (nSPS) is 11.0. The lowest BCUT2D eigenvalue weighted by Crippen LogP contribution is -2.33. The van der Waals surface area contributed by atoms with Gasteiger partial charge >= 0.3 is 0 Å². The van der Waals surface area contributed by atoms with Crippen LogP contribution < -0.4 is 21.3 Å². The van der Waals surface area contributed by atoms with Crippen LogP contribution in [0.2, 0.25) is 0 Å². The zero-order chi connectivity index (χ0) is 13.6. The van der Waals surface area contributed by atoms with Gasteiger partial charge in [-0.3, -0.25) is 15.6 Å². The third-order valence-electron chi connectivity index (χ3n) is 2.19. The van der Waals surface area contributed by atoms with Gasteiger partial charge in [-0.15, -0.1) is 0 Å². The number of sulfonamides is 1. The molecule has 0 aliphatic rings. The van der Waals surface area contributed by atoms with Crippen molar-refractivity contribution in [1.29, 1.82) is 0 Å². The van der Waals surface area contributed by atoms with Gasteiger partial charge in [0.25, 0.3) is 5.91 Å². The summed E-state index contributed by atoms with van der Waals surface area (Å²) in [6.07, 6.45) is 2.83. The highest BCUT2D eigenvalue weighted by Gasteiger charge is 2.12. The first-order chi connectivity index (χ1) is 8.50. The fourth-order valence-electron chi connectivity index (χ4n) is 1.20. The first-order valence-electron chi connectivity index (χ1n) is 5.10. The van der Waals surface area contributed by atoms with Gasteiger partial charge in [0.1, 0.15) is 0 Å². The van der Waals surface area contributed by atoms with E-state index in [0.29, 0.717) is 5.69 Å². The topological polar surface area (TPSA) is 126 Å². The Balaban J connectivity index is 2.61. The van der Waals surface area contributed by atoms with Gasteiger partial charge in [-0.2, -0.15) is 0 Å². The van der Waals surface area contributed by atoms with Gasteiger partial charge in [-0.25, -0.2) is 13.1 Å². The van der Waals surface area contributed by atoms with E-state index in [9.17, 15) is 13.2 Å².